The maximum Gasteiger partial charge on any atom is 0.231 e. The van der Waals surface area contributed by atoms with Gasteiger partial charge in [0.2, 0.25) is 5.78 Å². The van der Waals surface area contributed by atoms with Crippen molar-refractivity contribution in [1.82, 2.24) is 0 Å². The number of Topliss-reactive ketones (excluding diaryl/α,β-unsaturated/α-hetero) is 1. The fraction of sp³-hybridized carbons (Fsp3) is 0.0625. The van der Waals surface area contributed by atoms with Crippen LogP contribution in [0.2, 0.25) is 0 Å². The number of hydrogen-bond donors (Lipinski definition) is 6. The highest BCUT2D eigenvalue weighted by atomic mass is 16.3. The molecule has 0 bridgehead atoms. The molecule has 6 N–H and O–H groups in total. The molecule has 2 aromatic carbocycles. The summed E-state index contributed by atoms with van der Waals surface area (Å²) in [5.74, 6) is -4.09. The van der Waals surface area contributed by atoms with Gasteiger partial charge in [-0.1, -0.05) is 6.07 Å². The zero-order valence-electron chi connectivity index (χ0n) is 11.6. The van der Waals surface area contributed by atoms with Gasteiger partial charge in [-0.25, -0.2) is 0 Å². The zero-order chi connectivity index (χ0) is 16.9. The number of allylic oxidation sites excluding steroid dienone is 2. The monoisotopic (exact) mass is 316 g/mol. The van der Waals surface area contributed by atoms with Crippen LogP contribution in [0.4, 0.5) is 0 Å². The van der Waals surface area contributed by atoms with E-state index in [-0.39, 0.29) is 34.4 Å². The number of benzene rings is 2. The first kappa shape index (κ1) is 14.6. The van der Waals surface area contributed by atoms with Gasteiger partial charge in [0.05, 0.1) is 5.56 Å². The van der Waals surface area contributed by atoms with Gasteiger partial charge in [-0.15, -0.1) is 0 Å². The Hall–Kier alpha value is -3.35. The number of aliphatic hydroxyl groups is 1. The zero-order valence-corrected chi connectivity index (χ0v) is 11.6. The third kappa shape index (κ3) is 2.10. The molecule has 0 heterocycles. The first-order chi connectivity index (χ1) is 10.8. The van der Waals surface area contributed by atoms with Gasteiger partial charge in [-0.3, -0.25) is 4.79 Å². The molecule has 0 spiro atoms. The van der Waals surface area contributed by atoms with Crippen LogP contribution in [0.3, 0.4) is 0 Å². The highest BCUT2D eigenvalue weighted by molar-refractivity contribution is 6.16. The highest BCUT2D eigenvalue weighted by Gasteiger charge is 2.32. The lowest BCUT2D eigenvalue weighted by atomic mass is 9.84. The van der Waals surface area contributed by atoms with Crippen molar-refractivity contribution in [3.05, 3.63) is 46.7 Å². The van der Waals surface area contributed by atoms with E-state index in [1.165, 1.54) is 12.1 Å². The fourth-order valence-electron chi connectivity index (χ4n) is 2.59. The Labute approximate surface area is 129 Å². The summed E-state index contributed by atoms with van der Waals surface area (Å²) < 4.78 is 0. The molecular formula is C16H12O7. The number of carbonyl (C=O) groups is 1. The molecule has 0 atom stereocenters. The maximum absolute atomic E-state index is 12.3. The Morgan fingerprint density at radius 2 is 1.48 bits per heavy atom. The van der Waals surface area contributed by atoms with Crippen LogP contribution in [0.1, 0.15) is 21.5 Å². The first-order valence-electron chi connectivity index (χ1n) is 6.57. The lowest BCUT2D eigenvalue weighted by molar-refractivity contribution is 0.0972. The molecule has 0 amide bonds. The van der Waals surface area contributed by atoms with Crippen molar-refractivity contribution in [3.8, 4) is 28.7 Å². The van der Waals surface area contributed by atoms with Crippen molar-refractivity contribution in [2.75, 3.05) is 0 Å². The van der Waals surface area contributed by atoms with Crippen molar-refractivity contribution < 1.29 is 35.4 Å². The van der Waals surface area contributed by atoms with Crippen molar-refractivity contribution >= 4 is 11.4 Å². The van der Waals surface area contributed by atoms with Gasteiger partial charge in [0.25, 0.3) is 0 Å². The van der Waals surface area contributed by atoms with Crippen LogP contribution in [0.25, 0.3) is 5.57 Å². The molecular weight excluding hydrogens is 304 g/mol. The number of carbonyl (C=O) groups excluding carboxylic acids is 1. The lowest BCUT2D eigenvalue weighted by Gasteiger charge is -2.21. The van der Waals surface area contributed by atoms with Crippen LogP contribution in [-0.2, 0) is 6.42 Å². The van der Waals surface area contributed by atoms with Gasteiger partial charge >= 0.3 is 0 Å². The number of aromatic hydroxyl groups is 5. The van der Waals surface area contributed by atoms with E-state index in [0.29, 0.717) is 0 Å². The van der Waals surface area contributed by atoms with Crippen molar-refractivity contribution in [2.45, 2.75) is 6.42 Å². The molecule has 1 aliphatic rings. The van der Waals surface area contributed by atoms with Gasteiger partial charge in [0.1, 0.15) is 5.75 Å². The molecule has 7 nitrogen and oxygen atoms in total. The van der Waals surface area contributed by atoms with Crippen molar-refractivity contribution in [3.63, 3.8) is 0 Å². The third-order valence-electron chi connectivity index (χ3n) is 3.77. The van der Waals surface area contributed by atoms with Crippen LogP contribution < -0.4 is 0 Å². The summed E-state index contributed by atoms with van der Waals surface area (Å²) in [4.78, 5) is 12.3. The van der Waals surface area contributed by atoms with Gasteiger partial charge < -0.3 is 30.6 Å². The van der Waals surface area contributed by atoms with Gasteiger partial charge in [-0.2, -0.15) is 0 Å². The molecule has 7 heteroatoms. The minimum absolute atomic E-state index is 0.0344. The predicted molar refractivity (Wildman–Crippen MR) is 78.8 cm³/mol. The second-order valence-electron chi connectivity index (χ2n) is 5.15. The molecule has 0 aliphatic heterocycles. The van der Waals surface area contributed by atoms with E-state index in [4.69, 9.17) is 0 Å². The molecule has 0 aromatic heterocycles. The van der Waals surface area contributed by atoms with Crippen molar-refractivity contribution in [1.29, 1.82) is 0 Å². The maximum atomic E-state index is 12.3. The Balaban J connectivity index is 2.21. The summed E-state index contributed by atoms with van der Waals surface area (Å²) in [6, 6.07) is 4.53. The average molecular weight is 316 g/mol. The number of phenolic OH excluding ortho intramolecular Hbond substituents is 5. The Morgan fingerprint density at radius 3 is 2.13 bits per heavy atom. The molecule has 0 saturated heterocycles. The molecule has 23 heavy (non-hydrogen) atoms. The molecule has 2 aromatic rings. The van der Waals surface area contributed by atoms with Gasteiger partial charge in [-0.05, 0) is 17.7 Å². The summed E-state index contributed by atoms with van der Waals surface area (Å²) in [7, 11) is 0. The van der Waals surface area contributed by atoms with Gasteiger partial charge in [0.15, 0.2) is 28.8 Å². The average Bonchev–Trinajstić information content (AvgIpc) is 2.50. The van der Waals surface area contributed by atoms with Crippen LogP contribution in [-0.4, -0.2) is 36.4 Å². The van der Waals surface area contributed by atoms with Gasteiger partial charge in [0, 0.05) is 23.6 Å². The van der Waals surface area contributed by atoms with Crippen LogP contribution in [0, 0.1) is 0 Å². The summed E-state index contributed by atoms with van der Waals surface area (Å²) in [5.41, 5.74) is 0.00884. The molecule has 0 saturated carbocycles. The Morgan fingerprint density at radius 1 is 0.783 bits per heavy atom. The third-order valence-corrected chi connectivity index (χ3v) is 3.77. The van der Waals surface area contributed by atoms with Crippen molar-refractivity contribution in [2.24, 2.45) is 0 Å². The van der Waals surface area contributed by atoms with Crippen LogP contribution >= 0.6 is 0 Å². The SMILES string of the molecule is O=C1C(O)=C(c2ccc(O)c(O)c2)Cc2c(O)c(O)cc(O)c21. The van der Waals surface area contributed by atoms with E-state index in [2.05, 4.69) is 0 Å². The Kier molecular flexibility index (Phi) is 3.07. The second-order valence-corrected chi connectivity index (χ2v) is 5.15. The topological polar surface area (TPSA) is 138 Å². The molecule has 1 aliphatic carbocycles. The minimum Gasteiger partial charge on any atom is -0.507 e. The minimum atomic E-state index is -0.915. The summed E-state index contributed by atoms with van der Waals surface area (Å²) in [6.45, 7) is 0. The smallest absolute Gasteiger partial charge is 0.231 e. The van der Waals surface area contributed by atoms with Crippen LogP contribution in [0.15, 0.2) is 30.0 Å². The fourth-order valence-corrected chi connectivity index (χ4v) is 2.59. The molecule has 0 radical (unpaired) electrons. The first-order valence-corrected chi connectivity index (χ1v) is 6.57. The van der Waals surface area contributed by atoms with E-state index in [0.717, 1.165) is 12.1 Å². The number of ketones is 1. The standard InChI is InChI=1S/C16H12O7/c17-9-2-1-6(3-10(9)18)7-4-8-13(16(23)15(7)22)11(19)5-12(20)14(8)21/h1-3,5,17-22H,4H2. The predicted octanol–water partition coefficient (Wildman–Crippen LogP) is 1.92. The summed E-state index contributed by atoms with van der Waals surface area (Å²) >= 11 is 0. The molecule has 0 fully saturated rings. The quantitative estimate of drug-likeness (QED) is 0.349. The Bertz CT molecular complexity index is 880. The molecule has 0 unspecified atom stereocenters. The van der Waals surface area contributed by atoms with E-state index in [1.807, 2.05) is 0 Å². The highest BCUT2D eigenvalue weighted by Crippen LogP contribution is 2.44. The molecule has 118 valence electrons. The number of hydrogen-bond acceptors (Lipinski definition) is 7. The second kappa shape index (κ2) is 4.84. The number of aliphatic hydroxyl groups excluding tert-OH is 1. The van der Waals surface area contributed by atoms with E-state index >= 15 is 0 Å². The molecule has 3 rings (SSSR count). The van der Waals surface area contributed by atoms with Crippen LogP contribution in [0.5, 0.6) is 28.7 Å². The van der Waals surface area contributed by atoms with E-state index < -0.39 is 34.5 Å². The number of fused-ring (bicyclic) bond motifs is 1. The number of rotatable bonds is 1. The van der Waals surface area contributed by atoms with E-state index in [1.54, 1.807) is 0 Å². The summed E-state index contributed by atoms with van der Waals surface area (Å²) in [6.07, 6.45) is -0.162. The summed E-state index contributed by atoms with van der Waals surface area (Å²) in [5, 5.41) is 58.3. The lowest BCUT2D eigenvalue weighted by Crippen LogP contribution is -2.16. The van der Waals surface area contributed by atoms with E-state index in [9.17, 15) is 35.4 Å². The largest absolute Gasteiger partial charge is 0.507 e. The number of phenols is 5. The normalized spacial score (nSPS) is 14.0.